The molecule has 1 N–H and O–H groups in total. The molecule has 2 atom stereocenters. The average molecular weight is 326 g/mol. The third-order valence-corrected chi connectivity index (χ3v) is 2.70. The van der Waals surface area contributed by atoms with Crippen molar-refractivity contribution in [3.8, 4) is 0 Å². The maximum absolute atomic E-state index is 12.0. The second kappa shape index (κ2) is 9.57. The van der Waals surface area contributed by atoms with Crippen LogP contribution in [0, 0.1) is 5.92 Å². The Morgan fingerprint density at radius 2 is 1.62 bits per heavy atom. The van der Waals surface area contributed by atoms with Crippen LogP contribution in [0.3, 0.4) is 0 Å². The van der Waals surface area contributed by atoms with Crippen LogP contribution in [0.15, 0.2) is 0 Å². The predicted octanol–water partition coefficient (Wildman–Crippen LogP) is -2.37. The van der Waals surface area contributed by atoms with Crippen LogP contribution in [0.2, 0.25) is 0 Å². The zero-order valence-corrected chi connectivity index (χ0v) is 13.8. The van der Waals surface area contributed by atoms with Gasteiger partial charge < -0.3 is 27.0 Å². The molecule has 0 heterocycles. The summed E-state index contributed by atoms with van der Waals surface area (Å²) in [6.45, 7) is 3.51. The van der Waals surface area contributed by atoms with Crippen molar-refractivity contribution in [2.24, 2.45) is 5.92 Å². The number of hydrogen-bond donors (Lipinski definition) is 1. The lowest BCUT2D eigenvalue weighted by Crippen LogP contribution is -3.00. The number of quaternary nitrogens is 1. The molecular weight excluding hydrogens is 302 g/mol. The molecule has 0 aromatic rings. The first kappa shape index (κ1) is 21.9. The zero-order chi connectivity index (χ0) is 15.9. The molecule has 124 valence electrons. The topological polar surface area (TPSA) is 89.9 Å². The second-order valence-electron chi connectivity index (χ2n) is 5.32. The van der Waals surface area contributed by atoms with Gasteiger partial charge in [0.1, 0.15) is 0 Å². The molecule has 0 aliphatic rings. The van der Waals surface area contributed by atoms with Gasteiger partial charge >= 0.3 is 17.9 Å². The van der Waals surface area contributed by atoms with Crippen LogP contribution in [-0.4, -0.2) is 61.5 Å². The molecule has 0 aromatic heterocycles. The van der Waals surface area contributed by atoms with Gasteiger partial charge in [0.25, 0.3) is 0 Å². The van der Waals surface area contributed by atoms with Gasteiger partial charge in [-0.25, -0.2) is 0 Å². The first-order chi connectivity index (χ1) is 9.13. The molecule has 8 heteroatoms. The third-order valence-electron chi connectivity index (χ3n) is 2.70. The molecular formula is C13H24ClNO6. The molecule has 0 aromatic carbocycles. The number of carboxylic acid groups (broad SMARTS) is 1. The Hall–Kier alpha value is -1.34. The monoisotopic (exact) mass is 325 g/mol. The molecule has 7 nitrogen and oxygen atoms in total. The molecule has 0 spiro atoms. The summed E-state index contributed by atoms with van der Waals surface area (Å²) in [6, 6.07) is 0. The lowest BCUT2D eigenvalue weighted by atomic mass is 10.1. The molecule has 0 unspecified atom stereocenters. The van der Waals surface area contributed by atoms with Gasteiger partial charge in [-0.1, -0.05) is 6.92 Å². The van der Waals surface area contributed by atoms with Gasteiger partial charge in [0.2, 0.25) is 6.23 Å². The average Bonchev–Trinajstić information content (AvgIpc) is 2.31. The first-order valence-corrected chi connectivity index (χ1v) is 6.53. The minimum absolute atomic E-state index is 0. The van der Waals surface area contributed by atoms with Gasteiger partial charge in [0.15, 0.2) is 5.92 Å². The first-order valence-electron chi connectivity index (χ1n) is 6.53. The van der Waals surface area contributed by atoms with E-state index in [0.717, 1.165) is 0 Å². The maximum atomic E-state index is 12.0. The van der Waals surface area contributed by atoms with E-state index < -0.39 is 36.5 Å². The quantitative estimate of drug-likeness (QED) is 0.232. The standard InChI is InChI=1S/C13H23NO6.ClH/c1-6-10(14(3,4)5)20-13(18)9(8-11(15)16)12(17)19-7-2;/h9-10H,6-8H2,1-5H3;1H/t9-,10-;/m1./s1. The normalized spacial score (nSPS) is 13.6. The largest absolute Gasteiger partial charge is 1.00 e. The summed E-state index contributed by atoms with van der Waals surface area (Å²) >= 11 is 0. The Labute approximate surface area is 131 Å². The van der Waals surface area contributed by atoms with Crippen LogP contribution >= 0.6 is 0 Å². The van der Waals surface area contributed by atoms with Crippen LogP contribution in [-0.2, 0) is 23.9 Å². The maximum Gasteiger partial charge on any atom is 0.325 e. The lowest BCUT2D eigenvalue weighted by molar-refractivity contribution is -0.917. The van der Waals surface area contributed by atoms with Crippen LogP contribution in [0.4, 0.5) is 0 Å². The fourth-order valence-electron chi connectivity index (χ4n) is 1.69. The van der Waals surface area contributed by atoms with Crippen LogP contribution in [0.1, 0.15) is 26.7 Å². The number of esters is 2. The molecule has 21 heavy (non-hydrogen) atoms. The van der Waals surface area contributed by atoms with Crippen molar-refractivity contribution in [3.63, 3.8) is 0 Å². The van der Waals surface area contributed by atoms with E-state index in [-0.39, 0.29) is 19.0 Å². The summed E-state index contributed by atoms with van der Waals surface area (Å²) in [5, 5.41) is 8.78. The fourth-order valence-corrected chi connectivity index (χ4v) is 1.69. The minimum atomic E-state index is -1.42. The van der Waals surface area contributed by atoms with E-state index in [4.69, 9.17) is 14.6 Å². The van der Waals surface area contributed by atoms with Crippen molar-refractivity contribution in [1.29, 1.82) is 0 Å². The highest BCUT2D eigenvalue weighted by Crippen LogP contribution is 2.15. The second-order valence-corrected chi connectivity index (χ2v) is 5.32. The van der Waals surface area contributed by atoms with Crippen LogP contribution in [0.5, 0.6) is 0 Å². The number of ether oxygens (including phenoxy) is 2. The van der Waals surface area contributed by atoms with Gasteiger partial charge in [-0.3, -0.25) is 18.9 Å². The van der Waals surface area contributed by atoms with Gasteiger partial charge in [0.05, 0.1) is 34.2 Å². The Morgan fingerprint density at radius 3 is 1.95 bits per heavy atom. The summed E-state index contributed by atoms with van der Waals surface area (Å²) in [5.74, 6) is -4.40. The molecule has 0 amide bonds. The van der Waals surface area contributed by atoms with E-state index >= 15 is 0 Å². The van der Waals surface area contributed by atoms with Crippen molar-refractivity contribution in [2.75, 3.05) is 27.7 Å². The Morgan fingerprint density at radius 1 is 1.10 bits per heavy atom. The van der Waals surface area contributed by atoms with Gasteiger partial charge in [-0.2, -0.15) is 0 Å². The molecule has 0 radical (unpaired) electrons. The van der Waals surface area contributed by atoms with Crippen molar-refractivity contribution in [2.45, 2.75) is 32.9 Å². The minimum Gasteiger partial charge on any atom is -1.00 e. The number of hydrogen-bond acceptors (Lipinski definition) is 5. The van der Waals surface area contributed by atoms with Crippen molar-refractivity contribution >= 4 is 17.9 Å². The number of halogens is 1. The Balaban J connectivity index is 0. The van der Waals surface area contributed by atoms with Gasteiger partial charge in [-0.15, -0.1) is 0 Å². The highest BCUT2D eigenvalue weighted by molar-refractivity contribution is 5.97. The van der Waals surface area contributed by atoms with E-state index in [1.807, 2.05) is 28.1 Å². The summed E-state index contributed by atoms with van der Waals surface area (Å²) in [6.07, 6.45) is -0.531. The van der Waals surface area contributed by atoms with Crippen molar-refractivity contribution < 1.29 is 45.9 Å². The van der Waals surface area contributed by atoms with E-state index in [9.17, 15) is 14.4 Å². The van der Waals surface area contributed by atoms with Crippen molar-refractivity contribution in [3.05, 3.63) is 0 Å². The molecule has 0 aliphatic carbocycles. The van der Waals surface area contributed by atoms with Gasteiger partial charge in [-0.05, 0) is 6.92 Å². The Bertz CT molecular complexity index is 366. The van der Waals surface area contributed by atoms with E-state index in [0.29, 0.717) is 10.9 Å². The molecule has 0 aliphatic heterocycles. The summed E-state index contributed by atoms with van der Waals surface area (Å²) in [7, 11) is 5.54. The summed E-state index contributed by atoms with van der Waals surface area (Å²) in [5.41, 5.74) is 0. The Kier molecular flexibility index (Phi) is 10.0. The molecule has 0 saturated carbocycles. The molecule has 0 rings (SSSR count). The van der Waals surface area contributed by atoms with E-state index in [2.05, 4.69) is 0 Å². The van der Waals surface area contributed by atoms with Crippen molar-refractivity contribution in [1.82, 2.24) is 0 Å². The number of nitrogens with zero attached hydrogens (tertiary/aromatic N) is 1. The van der Waals surface area contributed by atoms with E-state index in [1.165, 1.54) is 0 Å². The predicted molar refractivity (Wildman–Crippen MR) is 70.6 cm³/mol. The summed E-state index contributed by atoms with van der Waals surface area (Å²) < 4.78 is 10.3. The van der Waals surface area contributed by atoms with Gasteiger partial charge in [0, 0.05) is 6.42 Å². The summed E-state index contributed by atoms with van der Waals surface area (Å²) in [4.78, 5) is 34.4. The number of carbonyl (C=O) groups is 3. The zero-order valence-electron chi connectivity index (χ0n) is 13.1. The molecule has 0 bridgehead atoms. The highest BCUT2D eigenvalue weighted by Gasteiger charge is 2.36. The lowest BCUT2D eigenvalue weighted by Gasteiger charge is -2.33. The van der Waals surface area contributed by atoms with Crippen LogP contribution < -0.4 is 12.4 Å². The molecule has 0 saturated heterocycles. The number of carbonyl (C=O) groups excluding carboxylic acids is 2. The fraction of sp³-hybridized carbons (Fsp3) is 0.769. The smallest absolute Gasteiger partial charge is 0.325 e. The highest BCUT2D eigenvalue weighted by atomic mass is 35.5. The SMILES string of the molecule is CCOC(=O)[C@@H](CC(=O)O)C(=O)O[C@H](CC)[N+](C)(C)C.[Cl-]. The van der Waals surface area contributed by atoms with E-state index in [1.54, 1.807) is 6.92 Å². The third kappa shape index (κ3) is 7.87. The molecule has 0 fully saturated rings. The van der Waals surface area contributed by atoms with Crippen LogP contribution in [0.25, 0.3) is 0 Å². The number of rotatable bonds is 8. The number of aliphatic carboxylic acids is 1. The number of carboxylic acids is 1.